The van der Waals surface area contributed by atoms with Gasteiger partial charge in [-0.1, -0.05) is 256 Å². The maximum Gasteiger partial charge on any atom is 0.417 e. The van der Waals surface area contributed by atoms with Crippen LogP contribution in [0.3, 0.4) is 0 Å². The summed E-state index contributed by atoms with van der Waals surface area (Å²) in [5.74, 6) is 0.159. The molecule has 13 rings (SSSR count). The first-order chi connectivity index (χ1) is 56.3. The molecule has 0 bridgehead atoms. The fourth-order valence-electron chi connectivity index (χ4n) is 14.0. The van der Waals surface area contributed by atoms with Gasteiger partial charge < -0.3 is 60.9 Å². The number of methoxy groups -OCH3 is 2. The predicted octanol–water partition coefficient (Wildman–Crippen LogP) is 20.7. The van der Waals surface area contributed by atoms with E-state index in [1.807, 2.05) is 206 Å². The number of amides is 2. The predicted molar refractivity (Wildman–Crippen MR) is 510 cm³/mol. The number of aliphatic hydroxyl groups excluding tert-OH is 1. The van der Waals surface area contributed by atoms with Gasteiger partial charge in [-0.3, -0.25) is 19.3 Å². The Labute approximate surface area is 785 Å². The number of cyclic esters (lactones) is 1. The van der Waals surface area contributed by atoms with E-state index < -0.39 is 12.1 Å². The minimum Gasteiger partial charge on any atom is -0.497 e. The summed E-state index contributed by atoms with van der Waals surface area (Å²) in [5.41, 5.74) is 23.5. The normalized spacial score (nSPS) is 12.8. The van der Waals surface area contributed by atoms with Crippen LogP contribution in [0.4, 0.5) is 4.79 Å². The molecule has 22 nitrogen and oxygen atoms in total. The number of esters is 2. The van der Waals surface area contributed by atoms with Crippen LogP contribution >= 0.6 is 136 Å². The molecule has 625 valence electrons. The van der Waals surface area contributed by atoms with Crippen molar-refractivity contribution in [2.24, 2.45) is 21.1 Å². The first-order valence-electron chi connectivity index (χ1n) is 37.7. The smallest absolute Gasteiger partial charge is 0.417 e. The summed E-state index contributed by atoms with van der Waals surface area (Å²) in [6.07, 6.45) is -0.0742. The van der Waals surface area contributed by atoms with E-state index in [2.05, 4.69) is 205 Å². The van der Waals surface area contributed by atoms with Crippen LogP contribution < -0.4 is 9.47 Å². The molecule has 2 amide bonds. The molecule has 0 spiro atoms. The number of carbonyl (C=O) groups excluding carboxylic acids is 4. The number of aryl methyl sites for hydroxylation is 9. The summed E-state index contributed by atoms with van der Waals surface area (Å²) >= 11 is 13.4. The van der Waals surface area contributed by atoms with Crippen LogP contribution in [-0.4, -0.2) is 115 Å². The second-order valence-corrected chi connectivity index (χ2v) is 42.8. The molecule has 1 N–H and O–H groups in total. The third kappa shape index (κ3) is 26.8. The van der Waals surface area contributed by atoms with Crippen LogP contribution in [0, 0.1) is 46.5 Å². The number of nitrogens with zero attached hydrogens (tertiary/aromatic N) is 10. The molecule has 4 heterocycles. The van der Waals surface area contributed by atoms with Gasteiger partial charge in [-0.25, -0.2) is 23.7 Å². The van der Waals surface area contributed by atoms with Crippen molar-refractivity contribution in [3.63, 3.8) is 0 Å². The Hall–Kier alpha value is -6.50. The average Bonchev–Trinajstić information content (AvgIpc) is 1.55. The van der Waals surface area contributed by atoms with E-state index in [1.54, 1.807) is 35.2 Å². The van der Waals surface area contributed by atoms with Gasteiger partial charge in [0, 0.05) is 63.9 Å². The molecule has 1 aliphatic rings. The van der Waals surface area contributed by atoms with Crippen molar-refractivity contribution in [3.05, 3.63) is 275 Å². The minimum absolute atomic E-state index is 0. The SMILES string of the molecule is CCOC(=O)C[C@H](c1ccc(C)c(CO)c1)c1ccc2c(nnn2C)c1C.CCOC(=O)C[C@H](c1ccc(C)c(COCc2ccc(OC)cc2)c1)c1ccc2c(nnn2C)c1C.COc1ccc(COCc2cc([C@@H](CC(=O)N3C(=O)OC[C@@H]3c3ccccc3)c3ccc4c(nnn4C)c3C)ccc2C)cc1.IC(I)I.ICI.[CH2-]I.[V]. The molecule has 9 aromatic carbocycles. The number of aromatic nitrogens is 9. The Bertz CT molecular complexity index is 5270. The fraction of sp³-hybridized carbons (Fsp3) is 0.337. The number of rotatable bonds is 26. The second-order valence-electron chi connectivity index (χ2n) is 27.5. The van der Waals surface area contributed by atoms with Crippen molar-refractivity contribution in [2.75, 3.05) is 36.5 Å². The molecule has 1 radical (unpaired) electrons. The number of benzene rings is 9. The fourth-order valence-corrected chi connectivity index (χ4v) is 14.0. The number of ether oxygens (including phenoxy) is 7. The maximum absolute atomic E-state index is 14.1. The van der Waals surface area contributed by atoms with Gasteiger partial charge >= 0.3 is 18.0 Å². The zero-order chi connectivity index (χ0) is 85.0. The molecule has 3 aromatic heterocycles. The number of aliphatic hydroxyl groups is 1. The zero-order valence-corrected chi connectivity index (χ0v) is 82.7. The van der Waals surface area contributed by atoms with Crippen LogP contribution in [0.1, 0.15) is 157 Å². The maximum atomic E-state index is 14.1. The van der Waals surface area contributed by atoms with E-state index in [0.29, 0.717) is 39.6 Å². The van der Waals surface area contributed by atoms with Crippen molar-refractivity contribution >= 4 is 193 Å². The molecule has 1 saturated heterocycles. The van der Waals surface area contributed by atoms with Gasteiger partial charge in [-0.05, 0) is 198 Å². The molecule has 0 aliphatic carbocycles. The summed E-state index contributed by atoms with van der Waals surface area (Å²) in [5, 5.41) is 35.1. The Kier molecular flexibility index (Phi) is 41.4. The summed E-state index contributed by atoms with van der Waals surface area (Å²) < 4.78 is 45.7. The summed E-state index contributed by atoms with van der Waals surface area (Å²) in [7, 11) is 8.90. The van der Waals surface area contributed by atoms with Gasteiger partial charge in [0.05, 0.1) is 92.3 Å². The molecule has 118 heavy (non-hydrogen) atoms. The molecule has 0 unspecified atom stereocenters. The number of alkyl halides is 5. The number of carbonyl (C=O) groups is 4. The van der Waals surface area contributed by atoms with Crippen LogP contribution in [-0.2, 0) is 111 Å². The standard InChI is InChI=1S/C36H36N4O5.C29H33N3O4.C21H25N3O3.CHI3.CH2I2.CH2I.V/c1-23-10-13-27(18-28(23)21-44-20-25-11-14-29(43-4)15-12-25)31(30-16-17-32-35(24(30)2)37-38-39(32)3)19-34(41)40-33(22-45-36(40)42)26-8-6-5-7-9-26;1-6-36-28(33)16-26(25-13-14-27-29(20(25)3)30-31-32(27)4)22-10-7-19(2)23(15-22)18-35-17-21-8-11-24(34-5)12-9-21;1-5-27-20(26)11-18(15-7-6-13(2)16(10-15)12-25)17-8-9-19-21(14(17)3)22-23-24(19)4;2-1(3)4;2-1-3;1-2;/h5-18,31,33H,19-22H2,1-4H3;7-15,26H,6,16-18H2,1-5H3;6-10,18,25H,5,11-12H2,1-4H3;1H;1H2;1H2;/q;;;;;-1;/t31-,33-;26-;18-;;;;/m111..../s1. The van der Waals surface area contributed by atoms with E-state index in [9.17, 15) is 24.3 Å². The van der Waals surface area contributed by atoms with Gasteiger partial charge in [0.1, 0.15) is 40.6 Å². The van der Waals surface area contributed by atoms with E-state index in [-0.39, 0.29) is 86.6 Å². The third-order valence-electron chi connectivity index (χ3n) is 20.3. The Morgan fingerprint density at radius 2 is 0.856 bits per heavy atom. The van der Waals surface area contributed by atoms with Crippen LogP contribution in [0.25, 0.3) is 33.1 Å². The summed E-state index contributed by atoms with van der Waals surface area (Å²) in [6, 6.07) is 55.4. The van der Waals surface area contributed by atoms with E-state index in [0.717, 1.165) is 145 Å². The first-order valence-corrected chi connectivity index (χ1v) is 46.0. The van der Waals surface area contributed by atoms with Gasteiger partial charge in [0.2, 0.25) is 5.91 Å². The number of hydrogen-bond donors (Lipinski definition) is 1. The van der Waals surface area contributed by atoms with Crippen molar-refractivity contribution in [2.45, 2.75) is 131 Å². The zero-order valence-electron chi connectivity index (χ0n) is 68.4. The molecular formula is C89H99I6N10O12V-. The van der Waals surface area contributed by atoms with E-state index in [4.69, 9.17) is 33.2 Å². The number of fused-ring (bicyclic) bond motifs is 3. The second kappa shape index (κ2) is 49.6. The number of halogens is 6. The average molecular weight is 2310 g/mol. The molecular weight excluding hydrogens is 2210 g/mol. The number of hydrogen-bond acceptors (Lipinski definition) is 18. The van der Waals surface area contributed by atoms with Crippen LogP contribution in [0.5, 0.6) is 11.5 Å². The van der Waals surface area contributed by atoms with Gasteiger partial charge in [0.25, 0.3) is 0 Å². The van der Waals surface area contributed by atoms with Gasteiger partial charge in [0.15, 0.2) is 0 Å². The van der Waals surface area contributed by atoms with Crippen LogP contribution in [0.15, 0.2) is 170 Å². The Morgan fingerprint density at radius 3 is 1.20 bits per heavy atom. The quantitative estimate of drug-likeness (QED) is 0.0174. The summed E-state index contributed by atoms with van der Waals surface area (Å²) in [6.45, 7) is 18.4. The molecule has 29 heteroatoms. The minimum atomic E-state index is -0.620. The molecule has 1 fully saturated rings. The Morgan fingerprint density at radius 1 is 0.508 bits per heavy atom. The van der Waals surface area contributed by atoms with Crippen molar-refractivity contribution in [1.29, 1.82) is 0 Å². The van der Waals surface area contributed by atoms with Gasteiger partial charge in [-0.15, -0.1) is 15.3 Å². The molecule has 0 saturated carbocycles. The first kappa shape index (κ1) is 98.6. The topological polar surface area (TPSA) is 248 Å². The van der Waals surface area contributed by atoms with Crippen molar-refractivity contribution < 1.29 is 76.0 Å². The molecule has 4 atom stereocenters. The third-order valence-corrected chi connectivity index (χ3v) is 20.3. The number of imide groups is 1. The molecule has 12 aromatic rings. The van der Waals surface area contributed by atoms with Crippen molar-refractivity contribution in [3.8, 4) is 11.5 Å². The largest absolute Gasteiger partial charge is 0.497 e. The van der Waals surface area contributed by atoms with E-state index >= 15 is 0 Å². The van der Waals surface area contributed by atoms with Gasteiger partial charge in [-0.2, -0.15) is 0 Å². The van der Waals surface area contributed by atoms with Crippen LogP contribution in [0.2, 0.25) is 0 Å². The molecule has 1 aliphatic heterocycles. The monoisotopic (exact) mass is 2310 g/mol. The van der Waals surface area contributed by atoms with E-state index in [1.165, 1.54) is 7.33 Å². The summed E-state index contributed by atoms with van der Waals surface area (Å²) in [4.78, 5) is 56.4. The Balaban J connectivity index is 0.000000237. The van der Waals surface area contributed by atoms with Crippen molar-refractivity contribution in [1.82, 2.24) is 49.9 Å².